The zero-order valence-electron chi connectivity index (χ0n) is 11.2. The number of hydrogen-bond donors (Lipinski definition) is 2. The molecule has 112 valence electrons. The zero-order valence-corrected chi connectivity index (χ0v) is 13.6. The number of nitrogens with one attached hydrogen (secondary N) is 1. The molecule has 0 aliphatic carbocycles. The molecule has 6 nitrogen and oxygen atoms in total. The first-order valence-corrected chi connectivity index (χ1v) is 8.36. The van der Waals surface area contributed by atoms with E-state index in [2.05, 4.69) is 25.6 Å². The number of ether oxygens (including phenoxy) is 1. The molecule has 8 heteroatoms. The van der Waals surface area contributed by atoms with Crippen molar-refractivity contribution in [3.8, 4) is 5.88 Å². The third-order valence-electron chi connectivity index (χ3n) is 2.55. The number of halogens is 1. The largest absolute Gasteiger partial charge is 0.478 e. The van der Waals surface area contributed by atoms with Gasteiger partial charge in [-0.1, -0.05) is 15.9 Å². The van der Waals surface area contributed by atoms with Crippen LogP contribution in [0.3, 0.4) is 0 Å². The van der Waals surface area contributed by atoms with Gasteiger partial charge in [0.2, 0.25) is 5.88 Å². The molecule has 3 N–H and O–H groups in total. The second kappa shape index (κ2) is 6.31. The van der Waals surface area contributed by atoms with Crippen molar-refractivity contribution in [3.63, 3.8) is 0 Å². The number of benzene rings is 1. The first-order valence-electron chi connectivity index (χ1n) is 6.09. The Labute approximate surface area is 131 Å². The van der Waals surface area contributed by atoms with Gasteiger partial charge in [0.15, 0.2) is 0 Å². The first kappa shape index (κ1) is 15.6. The van der Waals surface area contributed by atoms with Crippen LogP contribution in [-0.4, -0.2) is 20.0 Å². The van der Waals surface area contributed by atoms with Crippen LogP contribution in [0.2, 0.25) is 0 Å². The summed E-state index contributed by atoms with van der Waals surface area (Å²) in [5, 5.41) is 0. The number of pyridine rings is 1. The van der Waals surface area contributed by atoms with Gasteiger partial charge >= 0.3 is 0 Å². The fourth-order valence-corrected chi connectivity index (χ4v) is 3.34. The van der Waals surface area contributed by atoms with E-state index in [0.29, 0.717) is 22.6 Å². The number of nitrogens with zero attached hydrogens (tertiary/aromatic N) is 1. The molecule has 0 saturated heterocycles. The van der Waals surface area contributed by atoms with Gasteiger partial charge in [-0.2, -0.15) is 0 Å². The van der Waals surface area contributed by atoms with E-state index in [9.17, 15) is 8.42 Å². The quantitative estimate of drug-likeness (QED) is 0.787. The van der Waals surface area contributed by atoms with Gasteiger partial charge < -0.3 is 10.5 Å². The summed E-state index contributed by atoms with van der Waals surface area (Å²) < 4.78 is 32.9. The van der Waals surface area contributed by atoms with E-state index in [1.165, 1.54) is 18.3 Å². The van der Waals surface area contributed by atoms with Crippen molar-refractivity contribution in [1.29, 1.82) is 0 Å². The highest BCUT2D eigenvalue weighted by atomic mass is 79.9. The minimum Gasteiger partial charge on any atom is -0.478 e. The van der Waals surface area contributed by atoms with Crippen molar-refractivity contribution in [3.05, 3.63) is 41.0 Å². The molecule has 0 unspecified atom stereocenters. The average molecular weight is 372 g/mol. The Kier molecular flexibility index (Phi) is 4.69. The molecule has 0 saturated carbocycles. The van der Waals surface area contributed by atoms with E-state index >= 15 is 0 Å². The Hall–Kier alpha value is -1.80. The fourth-order valence-electron chi connectivity index (χ4n) is 1.62. The SMILES string of the molecule is CCOc1ccc(NS(=O)(=O)c2cc(Br)ccc2N)cn1. The molecule has 0 aliphatic heterocycles. The lowest BCUT2D eigenvalue weighted by molar-refractivity contribution is 0.327. The highest BCUT2D eigenvalue weighted by molar-refractivity contribution is 9.10. The molecule has 0 radical (unpaired) electrons. The predicted octanol–water partition coefficient (Wildman–Crippen LogP) is 2.63. The minimum absolute atomic E-state index is 0.00533. The third kappa shape index (κ3) is 3.85. The van der Waals surface area contributed by atoms with E-state index in [-0.39, 0.29) is 10.6 Å². The molecule has 0 amide bonds. The Morgan fingerprint density at radius 3 is 2.71 bits per heavy atom. The molecule has 1 aromatic carbocycles. The predicted molar refractivity (Wildman–Crippen MR) is 84.8 cm³/mol. The van der Waals surface area contributed by atoms with E-state index in [1.807, 2.05) is 6.92 Å². The van der Waals surface area contributed by atoms with Crippen molar-refractivity contribution in [1.82, 2.24) is 4.98 Å². The molecular formula is C13H14BrN3O3S. The molecule has 0 aliphatic rings. The molecule has 21 heavy (non-hydrogen) atoms. The maximum Gasteiger partial charge on any atom is 0.264 e. The molecule has 0 fully saturated rings. The zero-order chi connectivity index (χ0) is 15.5. The molecule has 0 bridgehead atoms. The number of hydrogen-bond acceptors (Lipinski definition) is 5. The maximum atomic E-state index is 12.3. The van der Waals surface area contributed by atoms with Crippen LogP contribution < -0.4 is 15.2 Å². The summed E-state index contributed by atoms with van der Waals surface area (Å²) in [6, 6.07) is 7.80. The Morgan fingerprint density at radius 2 is 2.10 bits per heavy atom. The number of nitrogens with two attached hydrogens (primary N) is 1. The topological polar surface area (TPSA) is 94.3 Å². The Morgan fingerprint density at radius 1 is 1.33 bits per heavy atom. The van der Waals surface area contributed by atoms with Crippen LogP contribution in [0.15, 0.2) is 45.9 Å². The number of sulfonamides is 1. The van der Waals surface area contributed by atoms with Crippen molar-refractivity contribution in [2.75, 3.05) is 17.1 Å². The molecule has 2 aromatic rings. The van der Waals surface area contributed by atoms with Gasteiger partial charge in [-0.25, -0.2) is 13.4 Å². The average Bonchev–Trinajstić information content (AvgIpc) is 2.43. The fraction of sp³-hybridized carbons (Fsp3) is 0.154. The van der Waals surface area contributed by atoms with Gasteiger partial charge in [0.05, 0.1) is 24.2 Å². The Bertz CT molecular complexity index is 733. The van der Waals surface area contributed by atoms with Crippen molar-refractivity contribution < 1.29 is 13.2 Å². The molecule has 0 spiro atoms. The second-order valence-electron chi connectivity index (χ2n) is 4.11. The van der Waals surface area contributed by atoms with E-state index in [1.54, 1.807) is 18.2 Å². The van der Waals surface area contributed by atoms with Gasteiger partial charge in [-0.15, -0.1) is 0 Å². The lowest BCUT2D eigenvalue weighted by Gasteiger charge is -2.10. The molecule has 1 heterocycles. The molecular weight excluding hydrogens is 358 g/mol. The van der Waals surface area contributed by atoms with Gasteiger partial charge in [0.25, 0.3) is 10.0 Å². The summed E-state index contributed by atoms with van der Waals surface area (Å²) in [4.78, 5) is 4.00. The smallest absolute Gasteiger partial charge is 0.264 e. The summed E-state index contributed by atoms with van der Waals surface area (Å²) in [6.07, 6.45) is 1.39. The van der Waals surface area contributed by atoms with Crippen LogP contribution in [0.4, 0.5) is 11.4 Å². The van der Waals surface area contributed by atoms with E-state index in [4.69, 9.17) is 10.5 Å². The van der Waals surface area contributed by atoms with Crippen LogP contribution >= 0.6 is 15.9 Å². The summed E-state index contributed by atoms with van der Waals surface area (Å²) >= 11 is 3.22. The van der Waals surface area contributed by atoms with Crippen LogP contribution in [0.5, 0.6) is 5.88 Å². The van der Waals surface area contributed by atoms with Crippen LogP contribution in [0.25, 0.3) is 0 Å². The summed E-state index contributed by atoms with van der Waals surface area (Å²) in [5.74, 6) is 0.433. The number of aromatic nitrogens is 1. The second-order valence-corrected chi connectivity index (χ2v) is 6.67. The monoisotopic (exact) mass is 371 g/mol. The lowest BCUT2D eigenvalue weighted by Crippen LogP contribution is -2.15. The molecule has 1 aromatic heterocycles. The first-order chi connectivity index (χ1) is 9.92. The van der Waals surface area contributed by atoms with Crippen LogP contribution in [0.1, 0.15) is 6.92 Å². The summed E-state index contributed by atoms with van der Waals surface area (Å²) in [5.41, 5.74) is 6.22. The summed E-state index contributed by atoms with van der Waals surface area (Å²) in [6.45, 7) is 2.33. The highest BCUT2D eigenvalue weighted by Gasteiger charge is 2.18. The van der Waals surface area contributed by atoms with Gasteiger partial charge in [-0.3, -0.25) is 4.72 Å². The summed E-state index contributed by atoms with van der Waals surface area (Å²) in [7, 11) is -3.78. The molecule has 0 atom stereocenters. The standard InChI is InChI=1S/C13H14BrN3O3S/c1-2-20-13-6-4-10(8-16-13)17-21(18,19)12-7-9(14)3-5-11(12)15/h3-8,17H,2,15H2,1H3. The third-order valence-corrected chi connectivity index (χ3v) is 4.48. The van der Waals surface area contributed by atoms with Gasteiger partial charge in [0, 0.05) is 10.5 Å². The maximum absolute atomic E-state index is 12.3. The van der Waals surface area contributed by atoms with Crippen LogP contribution in [0, 0.1) is 0 Å². The minimum atomic E-state index is -3.78. The van der Waals surface area contributed by atoms with Crippen LogP contribution in [-0.2, 0) is 10.0 Å². The van der Waals surface area contributed by atoms with Crippen molar-refractivity contribution in [2.45, 2.75) is 11.8 Å². The lowest BCUT2D eigenvalue weighted by atomic mass is 10.3. The van der Waals surface area contributed by atoms with E-state index in [0.717, 1.165) is 0 Å². The Balaban J connectivity index is 2.26. The number of nitrogen functional groups attached to an aromatic ring is 1. The normalized spacial score (nSPS) is 11.1. The van der Waals surface area contributed by atoms with Gasteiger partial charge in [-0.05, 0) is 31.2 Å². The van der Waals surface area contributed by atoms with Crippen molar-refractivity contribution in [2.24, 2.45) is 0 Å². The van der Waals surface area contributed by atoms with Gasteiger partial charge in [0.1, 0.15) is 4.90 Å². The molecule has 2 rings (SSSR count). The van der Waals surface area contributed by atoms with Crippen molar-refractivity contribution >= 4 is 37.3 Å². The van der Waals surface area contributed by atoms with E-state index < -0.39 is 10.0 Å². The number of anilines is 2. The highest BCUT2D eigenvalue weighted by Crippen LogP contribution is 2.25. The number of rotatable bonds is 5.